The number of benzene rings is 1. The summed E-state index contributed by atoms with van der Waals surface area (Å²) in [6, 6.07) is 11.2. The molecule has 1 heterocycles. The predicted octanol–water partition coefficient (Wildman–Crippen LogP) is 4.57. The zero-order valence-electron chi connectivity index (χ0n) is 9.28. The van der Waals surface area contributed by atoms with Gasteiger partial charge in [0.05, 0.1) is 16.6 Å². The first kappa shape index (κ1) is 12.2. The quantitative estimate of drug-likeness (QED) is 0.760. The normalized spacial score (nSPS) is 10.3. The SMILES string of the molecule is Cc1ccccc1Oc1ccc(Cl)c(CCl)n1. The summed E-state index contributed by atoms with van der Waals surface area (Å²) in [5.74, 6) is 1.55. The van der Waals surface area contributed by atoms with E-state index in [1.54, 1.807) is 12.1 Å². The number of aryl methyl sites for hydroxylation is 1. The van der Waals surface area contributed by atoms with Crippen LogP contribution in [-0.2, 0) is 5.88 Å². The fourth-order valence-electron chi connectivity index (χ4n) is 1.40. The van der Waals surface area contributed by atoms with E-state index in [2.05, 4.69) is 4.98 Å². The average Bonchev–Trinajstić information content (AvgIpc) is 2.34. The van der Waals surface area contributed by atoms with Gasteiger partial charge in [0.2, 0.25) is 5.88 Å². The first-order valence-corrected chi connectivity index (χ1v) is 6.07. The van der Waals surface area contributed by atoms with Crippen molar-refractivity contribution < 1.29 is 4.74 Å². The van der Waals surface area contributed by atoms with Crippen molar-refractivity contribution in [1.82, 2.24) is 4.98 Å². The van der Waals surface area contributed by atoms with E-state index in [0.717, 1.165) is 11.3 Å². The maximum absolute atomic E-state index is 5.93. The molecule has 0 saturated carbocycles. The number of rotatable bonds is 3. The molecular weight excluding hydrogens is 257 g/mol. The molecule has 2 rings (SSSR count). The molecule has 88 valence electrons. The molecular formula is C13H11Cl2NO. The number of halogens is 2. The van der Waals surface area contributed by atoms with Gasteiger partial charge < -0.3 is 4.74 Å². The molecule has 0 aliphatic carbocycles. The first-order valence-electron chi connectivity index (χ1n) is 5.15. The maximum Gasteiger partial charge on any atom is 0.219 e. The van der Waals surface area contributed by atoms with Gasteiger partial charge in [0.15, 0.2) is 0 Å². The lowest BCUT2D eigenvalue weighted by atomic mass is 10.2. The van der Waals surface area contributed by atoms with Gasteiger partial charge in [0, 0.05) is 6.07 Å². The molecule has 0 amide bonds. The fraction of sp³-hybridized carbons (Fsp3) is 0.154. The van der Waals surface area contributed by atoms with E-state index in [9.17, 15) is 0 Å². The number of hydrogen-bond acceptors (Lipinski definition) is 2. The molecule has 0 aliphatic rings. The second-order valence-electron chi connectivity index (χ2n) is 3.58. The van der Waals surface area contributed by atoms with Gasteiger partial charge in [-0.05, 0) is 24.6 Å². The third kappa shape index (κ3) is 2.90. The molecule has 0 fully saturated rings. The molecule has 0 spiro atoms. The summed E-state index contributed by atoms with van der Waals surface area (Å²) in [5, 5.41) is 0.553. The number of alkyl halides is 1. The Morgan fingerprint density at radius 2 is 1.94 bits per heavy atom. The third-order valence-corrected chi connectivity index (χ3v) is 2.93. The van der Waals surface area contributed by atoms with Crippen molar-refractivity contribution in [3.63, 3.8) is 0 Å². The van der Waals surface area contributed by atoms with Gasteiger partial charge in [-0.2, -0.15) is 0 Å². The second-order valence-corrected chi connectivity index (χ2v) is 4.25. The van der Waals surface area contributed by atoms with E-state index in [4.69, 9.17) is 27.9 Å². The number of nitrogens with zero attached hydrogens (tertiary/aromatic N) is 1. The van der Waals surface area contributed by atoms with Crippen molar-refractivity contribution in [2.24, 2.45) is 0 Å². The summed E-state index contributed by atoms with van der Waals surface area (Å²) in [4.78, 5) is 4.24. The lowest BCUT2D eigenvalue weighted by molar-refractivity contribution is 0.458. The van der Waals surface area contributed by atoms with Crippen LogP contribution in [0.3, 0.4) is 0 Å². The Balaban J connectivity index is 2.28. The number of aromatic nitrogens is 1. The molecule has 0 N–H and O–H groups in total. The van der Waals surface area contributed by atoms with Gasteiger partial charge in [-0.15, -0.1) is 11.6 Å². The van der Waals surface area contributed by atoms with Crippen LogP contribution >= 0.6 is 23.2 Å². The Labute approximate surface area is 110 Å². The lowest BCUT2D eigenvalue weighted by Gasteiger charge is -2.08. The Bertz CT molecular complexity index is 529. The largest absolute Gasteiger partial charge is 0.439 e. The van der Waals surface area contributed by atoms with Crippen LogP contribution < -0.4 is 4.74 Å². The van der Waals surface area contributed by atoms with E-state index < -0.39 is 0 Å². The van der Waals surface area contributed by atoms with Crippen molar-refractivity contribution in [2.45, 2.75) is 12.8 Å². The Hall–Kier alpha value is -1.25. The highest BCUT2D eigenvalue weighted by molar-refractivity contribution is 6.32. The van der Waals surface area contributed by atoms with E-state index in [1.807, 2.05) is 31.2 Å². The van der Waals surface area contributed by atoms with Gasteiger partial charge in [0.25, 0.3) is 0 Å². The summed E-state index contributed by atoms with van der Waals surface area (Å²) >= 11 is 11.7. The topological polar surface area (TPSA) is 22.1 Å². The fourth-order valence-corrected chi connectivity index (χ4v) is 1.84. The number of pyridine rings is 1. The molecule has 0 atom stereocenters. The molecule has 0 unspecified atom stereocenters. The van der Waals surface area contributed by atoms with E-state index in [-0.39, 0.29) is 5.88 Å². The number of ether oxygens (including phenoxy) is 1. The van der Waals surface area contributed by atoms with E-state index >= 15 is 0 Å². The minimum atomic E-state index is 0.268. The molecule has 0 saturated heterocycles. The van der Waals surface area contributed by atoms with Crippen LogP contribution in [0.4, 0.5) is 0 Å². The summed E-state index contributed by atoms with van der Waals surface area (Å²) in [5.41, 5.74) is 1.68. The minimum absolute atomic E-state index is 0.268. The summed E-state index contributed by atoms with van der Waals surface area (Å²) in [6.45, 7) is 1.98. The van der Waals surface area contributed by atoms with E-state index in [0.29, 0.717) is 16.6 Å². The average molecular weight is 268 g/mol. The van der Waals surface area contributed by atoms with E-state index in [1.165, 1.54) is 0 Å². The highest BCUT2D eigenvalue weighted by Crippen LogP contribution is 2.25. The van der Waals surface area contributed by atoms with Crippen LogP contribution in [0.1, 0.15) is 11.3 Å². The predicted molar refractivity (Wildman–Crippen MR) is 70.1 cm³/mol. The highest BCUT2D eigenvalue weighted by Gasteiger charge is 2.05. The Morgan fingerprint density at radius 3 is 2.65 bits per heavy atom. The van der Waals surface area contributed by atoms with Gasteiger partial charge in [-0.1, -0.05) is 29.8 Å². The molecule has 1 aromatic heterocycles. The summed E-state index contributed by atoms with van der Waals surface area (Å²) in [7, 11) is 0. The van der Waals surface area contributed by atoms with Crippen molar-refractivity contribution in [1.29, 1.82) is 0 Å². The van der Waals surface area contributed by atoms with Crippen molar-refractivity contribution in [3.05, 3.63) is 52.7 Å². The zero-order valence-corrected chi connectivity index (χ0v) is 10.8. The van der Waals surface area contributed by atoms with Crippen LogP contribution in [0.25, 0.3) is 0 Å². The van der Waals surface area contributed by atoms with Crippen molar-refractivity contribution in [3.8, 4) is 11.6 Å². The number of para-hydroxylation sites is 1. The lowest BCUT2D eigenvalue weighted by Crippen LogP contribution is -1.93. The standard InChI is InChI=1S/C13H11Cl2NO/c1-9-4-2-3-5-12(9)17-13-7-6-10(15)11(8-14)16-13/h2-7H,8H2,1H3. The van der Waals surface area contributed by atoms with Gasteiger partial charge in [-0.3, -0.25) is 0 Å². The second kappa shape index (κ2) is 5.39. The van der Waals surface area contributed by atoms with Gasteiger partial charge in [-0.25, -0.2) is 4.98 Å². The number of hydrogen-bond donors (Lipinski definition) is 0. The Morgan fingerprint density at radius 1 is 1.18 bits per heavy atom. The molecule has 0 aliphatic heterocycles. The summed E-state index contributed by atoms with van der Waals surface area (Å²) < 4.78 is 5.68. The van der Waals surface area contributed by atoms with Crippen LogP contribution in [-0.4, -0.2) is 4.98 Å². The maximum atomic E-state index is 5.93. The molecule has 17 heavy (non-hydrogen) atoms. The van der Waals surface area contributed by atoms with Crippen LogP contribution in [0.5, 0.6) is 11.6 Å². The molecule has 1 aromatic carbocycles. The molecule has 2 aromatic rings. The molecule has 4 heteroatoms. The highest BCUT2D eigenvalue weighted by atomic mass is 35.5. The zero-order chi connectivity index (χ0) is 12.3. The molecule has 2 nitrogen and oxygen atoms in total. The van der Waals surface area contributed by atoms with Gasteiger partial charge >= 0.3 is 0 Å². The van der Waals surface area contributed by atoms with Crippen LogP contribution in [0, 0.1) is 6.92 Å². The first-order chi connectivity index (χ1) is 8.20. The van der Waals surface area contributed by atoms with Crippen LogP contribution in [0.2, 0.25) is 5.02 Å². The van der Waals surface area contributed by atoms with Gasteiger partial charge in [0.1, 0.15) is 5.75 Å². The van der Waals surface area contributed by atoms with Crippen molar-refractivity contribution in [2.75, 3.05) is 0 Å². The monoisotopic (exact) mass is 267 g/mol. The third-order valence-electron chi connectivity index (χ3n) is 2.33. The molecule has 0 bridgehead atoms. The minimum Gasteiger partial charge on any atom is -0.439 e. The Kier molecular flexibility index (Phi) is 3.87. The van der Waals surface area contributed by atoms with Crippen LogP contribution in [0.15, 0.2) is 36.4 Å². The molecule has 0 radical (unpaired) electrons. The smallest absolute Gasteiger partial charge is 0.219 e. The summed E-state index contributed by atoms with van der Waals surface area (Å²) in [6.07, 6.45) is 0. The van der Waals surface area contributed by atoms with Crippen molar-refractivity contribution >= 4 is 23.2 Å².